The molecule has 1 aliphatic rings. The molecule has 0 aliphatic carbocycles. The number of likely N-dealkylation sites (tertiary alicyclic amines) is 1. The van der Waals surface area contributed by atoms with E-state index in [4.69, 9.17) is 4.42 Å². The molecule has 19 heavy (non-hydrogen) atoms. The molecule has 1 aromatic rings. The molecule has 1 fully saturated rings. The zero-order valence-electron chi connectivity index (χ0n) is 11.9. The van der Waals surface area contributed by atoms with E-state index in [-0.39, 0.29) is 5.91 Å². The maximum absolute atomic E-state index is 12.4. The molecule has 0 bridgehead atoms. The van der Waals surface area contributed by atoms with E-state index in [1.54, 1.807) is 12.3 Å². The van der Waals surface area contributed by atoms with Crippen LogP contribution in [0.4, 0.5) is 0 Å². The molecular weight excluding hydrogens is 240 g/mol. The molecule has 4 nitrogen and oxygen atoms in total. The number of amides is 1. The molecule has 2 heterocycles. The van der Waals surface area contributed by atoms with Crippen LogP contribution in [0.5, 0.6) is 0 Å². The van der Waals surface area contributed by atoms with E-state index >= 15 is 0 Å². The van der Waals surface area contributed by atoms with E-state index in [0.29, 0.717) is 5.92 Å². The number of rotatable bonds is 5. The van der Waals surface area contributed by atoms with Gasteiger partial charge in [-0.05, 0) is 37.9 Å². The molecule has 0 unspecified atom stereocenters. The highest BCUT2D eigenvalue weighted by Gasteiger charge is 2.25. The number of nitrogens with one attached hydrogen (secondary N) is 1. The highest BCUT2D eigenvalue weighted by atomic mass is 16.3. The van der Waals surface area contributed by atoms with Crippen molar-refractivity contribution >= 4 is 5.91 Å². The second-order valence-electron chi connectivity index (χ2n) is 5.15. The summed E-state index contributed by atoms with van der Waals surface area (Å²) in [5.74, 6) is 1.64. The molecule has 1 N–H and O–H groups in total. The van der Waals surface area contributed by atoms with Crippen LogP contribution in [-0.4, -0.2) is 37.0 Å². The second-order valence-corrected chi connectivity index (χ2v) is 5.15. The van der Waals surface area contributed by atoms with E-state index in [1.165, 1.54) is 0 Å². The standard InChI is InChI=1S/C15H24N2O2/c1-3-14-13(7-10-19-14)15(18)17-8-5-12(6-9-17)11-16-4-2/h7,10,12,16H,3-6,8-9,11H2,1-2H3. The Kier molecular flexibility index (Phi) is 5.02. The molecule has 0 spiro atoms. The quantitative estimate of drug-likeness (QED) is 0.887. The molecule has 1 saturated heterocycles. The van der Waals surface area contributed by atoms with Gasteiger partial charge in [0.05, 0.1) is 11.8 Å². The lowest BCUT2D eigenvalue weighted by molar-refractivity contribution is 0.0688. The third kappa shape index (κ3) is 3.38. The number of carbonyl (C=O) groups is 1. The Hall–Kier alpha value is -1.29. The summed E-state index contributed by atoms with van der Waals surface area (Å²) in [4.78, 5) is 14.4. The molecule has 0 saturated carbocycles. The first-order valence-corrected chi connectivity index (χ1v) is 7.32. The van der Waals surface area contributed by atoms with Crippen LogP contribution in [-0.2, 0) is 6.42 Å². The van der Waals surface area contributed by atoms with E-state index < -0.39 is 0 Å². The van der Waals surface area contributed by atoms with Crippen LogP contribution < -0.4 is 5.32 Å². The average molecular weight is 264 g/mol. The molecule has 0 aromatic carbocycles. The average Bonchev–Trinajstić information content (AvgIpc) is 2.93. The molecule has 1 amide bonds. The van der Waals surface area contributed by atoms with Gasteiger partial charge in [0.2, 0.25) is 0 Å². The van der Waals surface area contributed by atoms with Crippen molar-refractivity contribution in [2.24, 2.45) is 5.92 Å². The predicted octanol–water partition coefficient (Wildman–Crippen LogP) is 2.30. The molecule has 1 aromatic heterocycles. The topological polar surface area (TPSA) is 45.5 Å². The summed E-state index contributed by atoms with van der Waals surface area (Å²) in [5.41, 5.74) is 0.743. The number of hydrogen-bond donors (Lipinski definition) is 1. The van der Waals surface area contributed by atoms with Crippen molar-refractivity contribution in [1.82, 2.24) is 10.2 Å². The van der Waals surface area contributed by atoms with Crippen LogP contribution in [0.25, 0.3) is 0 Å². The van der Waals surface area contributed by atoms with Gasteiger partial charge in [0, 0.05) is 19.5 Å². The maximum atomic E-state index is 12.4. The number of piperidine rings is 1. The summed E-state index contributed by atoms with van der Waals surface area (Å²) in [6.45, 7) is 7.97. The first kappa shape index (κ1) is 14.1. The summed E-state index contributed by atoms with van der Waals surface area (Å²) in [6.07, 6.45) is 4.57. The minimum Gasteiger partial charge on any atom is -0.469 e. The Bertz CT molecular complexity index is 406. The molecule has 0 radical (unpaired) electrons. The van der Waals surface area contributed by atoms with Gasteiger partial charge in [-0.25, -0.2) is 0 Å². The van der Waals surface area contributed by atoms with Crippen molar-refractivity contribution in [2.45, 2.75) is 33.1 Å². The van der Waals surface area contributed by atoms with Gasteiger partial charge in [-0.3, -0.25) is 4.79 Å². The van der Waals surface area contributed by atoms with Crippen molar-refractivity contribution in [3.05, 3.63) is 23.7 Å². The number of nitrogens with zero attached hydrogens (tertiary/aromatic N) is 1. The summed E-state index contributed by atoms with van der Waals surface area (Å²) >= 11 is 0. The van der Waals surface area contributed by atoms with Crippen molar-refractivity contribution < 1.29 is 9.21 Å². The fourth-order valence-corrected chi connectivity index (χ4v) is 2.66. The molecule has 2 rings (SSSR count). The minimum atomic E-state index is 0.132. The van der Waals surface area contributed by atoms with Crippen LogP contribution in [0, 0.1) is 5.92 Å². The monoisotopic (exact) mass is 264 g/mol. The predicted molar refractivity (Wildman–Crippen MR) is 75.3 cm³/mol. The smallest absolute Gasteiger partial charge is 0.257 e. The number of hydrogen-bond acceptors (Lipinski definition) is 3. The fourth-order valence-electron chi connectivity index (χ4n) is 2.66. The largest absolute Gasteiger partial charge is 0.469 e. The van der Waals surface area contributed by atoms with Gasteiger partial charge in [0.25, 0.3) is 5.91 Å². The first-order valence-electron chi connectivity index (χ1n) is 7.32. The van der Waals surface area contributed by atoms with Crippen molar-refractivity contribution in [2.75, 3.05) is 26.2 Å². The van der Waals surface area contributed by atoms with Gasteiger partial charge in [-0.1, -0.05) is 13.8 Å². The zero-order valence-corrected chi connectivity index (χ0v) is 11.9. The lowest BCUT2D eigenvalue weighted by Crippen LogP contribution is -2.40. The molecular formula is C15H24N2O2. The van der Waals surface area contributed by atoms with Crippen LogP contribution in [0.15, 0.2) is 16.7 Å². The molecule has 106 valence electrons. The van der Waals surface area contributed by atoms with Crippen LogP contribution >= 0.6 is 0 Å². The molecule has 4 heteroatoms. The van der Waals surface area contributed by atoms with Gasteiger partial charge in [-0.2, -0.15) is 0 Å². The Morgan fingerprint density at radius 1 is 1.42 bits per heavy atom. The Morgan fingerprint density at radius 2 is 2.16 bits per heavy atom. The third-order valence-electron chi connectivity index (χ3n) is 3.88. The van der Waals surface area contributed by atoms with Crippen molar-refractivity contribution in [3.63, 3.8) is 0 Å². The van der Waals surface area contributed by atoms with Gasteiger partial charge < -0.3 is 14.6 Å². The van der Waals surface area contributed by atoms with E-state index in [2.05, 4.69) is 12.2 Å². The highest BCUT2D eigenvalue weighted by Crippen LogP contribution is 2.20. The van der Waals surface area contributed by atoms with Crippen molar-refractivity contribution in [1.29, 1.82) is 0 Å². The maximum Gasteiger partial charge on any atom is 0.257 e. The third-order valence-corrected chi connectivity index (χ3v) is 3.88. The minimum absolute atomic E-state index is 0.132. The van der Waals surface area contributed by atoms with Gasteiger partial charge >= 0.3 is 0 Å². The van der Waals surface area contributed by atoms with E-state index in [1.807, 2.05) is 11.8 Å². The zero-order chi connectivity index (χ0) is 13.7. The summed E-state index contributed by atoms with van der Waals surface area (Å²) in [5, 5.41) is 3.39. The lowest BCUT2D eigenvalue weighted by Gasteiger charge is -2.32. The number of furan rings is 1. The number of carbonyl (C=O) groups excluding carboxylic acids is 1. The van der Waals surface area contributed by atoms with Gasteiger partial charge in [0.1, 0.15) is 5.76 Å². The SMILES string of the molecule is CCNCC1CCN(C(=O)c2ccoc2CC)CC1. The van der Waals surface area contributed by atoms with Gasteiger partial charge in [-0.15, -0.1) is 0 Å². The van der Waals surface area contributed by atoms with Gasteiger partial charge in [0.15, 0.2) is 0 Å². The Morgan fingerprint density at radius 3 is 2.79 bits per heavy atom. The van der Waals surface area contributed by atoms with E-state index in [9.17, 15) is 4.79 Å². The lowest BCUT2D eigenvalue weighted by atomic mass is 9.96. The summed E-state index contributed by atoms with van der Waals surface area (Å²) in [7, 11) is 0. The molecule has 1 aliphatic heterocycles. The van der Waals surface area contributed by atoms with Crippen molar-refractivity contribution in [3.8, 4) is 0 Å². The second kappa shape index (κ2) is 6.75. The van der Waals surface area contributed by atoms with Crippen LogP contribution in [0.3, 0.4) is 0 Å². The summed E-state index contributed by atoms with van der Waals surface area (Å²) < 4.78 is 5.34. The normalized spacial score (nSPS) is 16.8. The molecule has 0 atom stereocenters. The number of aryl methyl sites for hydroxylation is 1. The fraction of sp³-hybridized carbons (Fsp3) is 0.667. The summed E-state index contributed by atoms with van der Waals surface area (Å²) in [6, 6.07) is 1.80. The highest BCUT2D eigenvalue weighted by molar-refractivity contribution is 5.95. The van der Waals surface area contributed by atoms with E-state index in [0.717, 1.165) is 56.8 Å². The van der Waals surface area contributed by atoms with Crippen LogP contribution in [0.1, 0.15) is 42.8 Å². The van der Waals surface area contributed by atoms with Crippen LogP contribution in [0.2, 0.25) is 0 Å². The first-order chi connectivity index (χ1) is 9.26. The Balaban J connectivity index is 1.89. The Labute approximate surface area is 115 Å².